The molecule has 1 aliphatic rings. The van der Waals surface area contributed by atoms with E-state index in [0.717, 1.165) is 22.0 Å². The minimum atomic E-state index is -4.48. The summed E-state index contributed by atoms with van der Waals surface area (Å²) in [7, 11) is 1.18. The SMILES string of the molecule is COC(=O)c1cnn2c1NC(c1ccc(C(C)C)cc1)CC2C(F)(F)F. The number of hydrogen-bond acceptors (Lipinski definition) is 4. The largest absolute Gasteiger partial charge is 0.465 e. The van der Waals surface area contributed by atoms with E-state index in [1.165, 1.54) is 7.11 Å². The van der Waals surface area contributed by atoms with Gasteiger partial charge in [-0.05, 0) is 17.0 Å². The molecule has 1 N–H and O–H groups in total. The molecule has 26 heavy (non-hydrogen) atoms. The van der Waals surface area contributed by atoms with E-state index in [9.17, 15) is 18.0 Å². The third-order valence-corrected chi connectivity index (χ3v) is 4.65. The maximum Gasteiger partial charge on any atom is 0.410 e. The molecule has 0 radical (unpaired) electrons. The standard InChI is InChI=1S/C18H20F3N3O2/c1-10(2)11-4-6-12(7-5-11)14-8-15(18(19,20)21)24-16(23-14)13(9-22-24)17(25)26-3/h4-7,9-10,14-15,23H,8H2,1-3H3. The Bertz CT molecular complexity index is 797. The molecule has 0 saturated carbocycles. The van der Waals surface area contributed by atoms with Crippen LogP contribution in [0.15, 0.2) is 30.5 Å². The van der Waals surface area contributed by atoms with E-state index in [4.69, 9.17) is 0 Å². The maximum atomic E-state index is 13.6. The summed E-state index contributed by atoms with van der Waals surface area (Å²) < 4.78 is 46.2. The number of nitrogens with zero attached hydrogens (tertiary/aromatic N) is 2. The molecule has 2 heterocycles. The first kappa shape index (κ1) is 18.3. The smallest absolute Gasteiger partial charge is 0.410 e. The van der Waals surface area contributed by atoms with Crippen molar-refractivity contribution < 1.29 is 22.7 Å². The van der Waals surface area contributed by atoms with Gasteiger partial charge in [0.2, 0.25) is 0 Å². The molecule has 2 aromatic rings. The third kappa shape index (κ3) is 3.27. The number of halogens is 3. The van der Waals surface area contributed by atoms with E-state index >= 15 is 0 Å². The summed E-state index contributed by atoms with van der Waals surface area (Å²) in [5.41, 5.74) is 1.83. The van der Waals surface area contributed by atoms with Crippen LogP contribution in [0.25, 0.3) is 0 Å². The number of esters is 1. The number of methoxy groups -OCH3 is 1. The summed E-state index contributed by atoms with van der Waals surface area (Å²) in [6, 6.07) is 5.07. The number of alkyl halides is 3. The van der Waals surface area contributed by atoms with E-state index < -0.39 is 24.2 Å². The Balaban J connectivity index is 2.00. The van der Waals surface area contributed by atoms with Crippen LogP contribution >= 0.6 is 0 Å². The van der Waals surface area contributed by atoms with Gasteiger partial charge in [0.1, 0.15) is 11.4 Å². The number of fused-ring (bicyclic) bond motifs is 1. The molecule has 1 aromatic carbocycles. The van der Waals surface area contributed by atoms with E-state index in [1.54, 1.807) is 0 Å². The highest BCUT2D eigenvalue weighted by atomic mass is 19.4. The van der Waals surface area contributed by atoms with Crippen LogP contribution in [0, 0.1) is 0 Å². The fourth-order valence-corrected chi connectivity index (χ4v) is 3.15. The van der Waals surface area contributed by atoms with Crippen molar-refractivity contribution in [2.45, 2.75) is 44.4 Å². The molecule has 1 aromatic heterocycles. The molecular weight excluding hydrogens is 347 g/mol. The summed E-state index contributed by atoms with van der Waals surface area (Å²) in [6.07, 6.45) is -3.58. The van der Waals surface area contributed by atoms with Gasteiger partial charge in [0.25, 0.3) is 0 Å². The van der Waals surface area contributed by atoms with Gasteiger partial charge in [0.05, 0.1) is 19.3 Å². The lowest BCUT2D eigenvalue weighted by molar-refractivity contribution is -0.173. The van der Waals surface area contributed by atoms with Gasteiger partial charge in [0.15, 0.2) is 6.04 Å². The summed E-state index contributed by atoms with van der Waals surface area (Å²) >= 11 is 0. The zero-order valence-corrected chi connectivity index (χ0v) is 14.7. The first-order valence-electron chi connectivity index (χ1n) is 8.31. The highest BCUT2D eigenvalue weighted by Gasteiger charge is 2.47. The fraction of sp³-hybridized carbons (Fsp3) is 0.444. The summed E-state index contributed by atoms with van der Waals surface area (Å²) in [5.74, 6) is -0.363. The molecule has 0 aliphatic carbocycles. The number of ether oxygens (including phenoxy) is 1. The fourth-order valence-electron chi connectivity index (χ4n) is 3.15. The second-order valence-corrected chi connectivity index (χ2v) is 6.65. The number of rotatable bonds is 3. The number of hydrogen-bond donors (Lipinski definition) is 1. The molecule has 0 amide bonds. The lowest BCUT2D eigenvalue weighted by atomic mass is 9.94. The molecule has 1 aliphatic heterocycles. The molecule has 2 unspecified atom stereocenters. The minimum Gasteiger partial charge on any atom is -0.465 e. The van der Waals surface area contributed by atoms with Gasteiger partial charge in [-0.1, -0.05) is 38.1 Å². The van der Waals surface area contributed by atoms with E-state index in [-0.39, 0.29) is 17.8 Å². The van der Waals surface area contributed by atoms with Crippen LogP contribution in [0.5, 0.6) is 0 Å². The van der Waals surface area contributed by atoms with E-state index in [1.807, 2.05) is 24.3 Å². The molecule has 140 valence electrons. The maximum absolute atomic E-state index is 13.6. The van der Waals surface area contributed by atoms with Gasteiger partial charge in [-0.15, -0.1) is 0 Å². The van der Waals surface area contributed by atoms with E-state index in [0.29, 0.717) is 5.92 Å². The van der Waals surface area contributed by atoms with Gasteiger partial charge in [0, 0.05) is 6.42 Å². The van der Waals surface area contributed by atoms with Gasteiger partial charge in [-0.3, -0.25) is 0 Å². The first-order valence-corrected chi connectivity index (χ1v) is 8.31. The Labute approximate surface area is 149 Å². The van der Waals surface area contributed by atoms with E-state index in [2.05, 4.69) is 29.0 Å². The zero-order valence-electron chi connectivity index (χ0n) is 14.7. The normalized spacial score (nSPS) is 19.8. The van der Waals surface area contributed by atoms with Crippen molar-refractivity contribution in [3.8, 4) is 0 Å². The molecule has 3 rings (SSSR count). The highest BCUT2D eigenvalue weighted by Crippen LogP contribution is 2.44. The van der Waals surface area contributed by atoms with Crippen molar-refractivity contribution in [1.82, 2.24) is 9.78 Å². The number of carbonyl (C=O) groups excluding carboxylic acids is 1. The van der Waals surface area contributed by atoms with Crippen molar-refractivity contribution in [1.29, 1.82) is 0 Å². The monoisotopic (exact) mass is 367 g/mol. The van der Waals surface area contributed by atoms with Crippen LogP contribution in [0.4, 0.5) is 19.0 Å². The molecule has 0 saturated heterocycles. The van der Waals surface area contributed by atoms with Crippen LogP contribution in [0.2, 0.25) is 0 Å². The lowest BCUT2D eigenvalue weighted by Crippen LogP contribution is -2.36. The summed E-state index contributed by atoms with van der Waals surface area (Å²) in [6.45, 7) is 4.10. The van der Waals surface area contributed by atoms with Crippen molar-refractivity contribution in [2.24, 2.45) is 0 Å². The van der Waals surface area contributed by atoms with Crippen LogP contribution in [-0.2, 0) is 4.74 Å². The molecule has 2 atom stereocenters. The second kappa shape index (κ2) is 6.66. The second-order valence-electron chi connectivity index (χ2n) is 6.65. The van der Waals surface area contributed by atoms with Gasteiger partial charge < -0.3 is 10.1 Å². The Morgan fingerprint density at radius 3 is 2.50 bits per heavy atom. The third-order valence-electron chi connectivity index (χ3n) is 4.65. The van der Waals surface area contributed by atoms with Crippen LogP contribution in [0.3, 0.4) is 0 Å². The quantitative estimate of drug-likeness (QED) is 0.814. The molecule has 0 spiro atoms. The van der Waals surface area contributed by atoms with Crippen molar-refractivity contribution in [3.63, 3.8) is 0 Å². The zero-order chi connectivity index (χ0) is 19.1. The average molecular weight is 367 g/mol. The Kier molecular flexibility index (Phi) is 4.68. The summed E-state index contributed by atoms with van der Waals surface area (Å²) in [5, 5.41) is 6.80. The van der Waals surface area contributed by atoms with Crippen molar-refractivity contribution in [2.75, 3.05) is 12.4 Å². The van der Waals surface area contributed by atoms with Crippen LogP contribution in [-0.4, -0.2) is 29.0 Å². The van der Waals surface area contributed by atoms with Crippen molar-refractivity contribution in [3.05, 3.63) is 47.2 Å². The number of anilines is 1. The predicted octanol–water partition coefficient (Wildman–Crippen LogP) is 4.45. The number of benzene rings is 1. The number of carbonyl (C=O) groups is 1. The topological polar surface area (TPSA) is 56.1 Å². The van der Waals surface area contributed by atoms with Crippen molar-refractivity contribution >= 4 is 11.8 Å². The Hall–Kier alpha value is -2.51. The molecule has 5 nitrogen and oxygen atoms in total. The Morgan fingerprint density at radius 1 is 1.31 bits per heavy atom. The minimum absolute atomic E-state index is 0.00903. The molecule has 0 fully saturated rings. The average Bonchev–Trinajstić information content (AvgIpc) is 3.03. The van der Waals surface area contributed by atoms with Gasteiger partial charge >= 0.3 is 12.1 Å². The molecule has 8 heteroatoms. The first-order chi connectivity index (χ1) is 12.2. The van der Waals surface area contributed by atoms with Crippen LogP contribution in [0.1, 0.15) is 59.8 Å². The molecular formula is C18H20F3N3O2. The number of nitrogens with one attached hydrogen (secondary N) is 1. The summed E-state index contributed by atoms with van der Waals surface area (Å²) in [4.78, 5) is 11.9. The predicted molar refractivity (Wildman–Crippen MR) is 90.2 cm³/mol. The lowest BCUT2D eigenvalue weighted by Gasteiger charge is -2.34. The van der Waals surface area contributed by atoms with Gasteiger partial charge in [-0.2, -0.15) is 18.3 Å². The molecule has 0 bridgehead atoms. The highest BCUT2D eigenvalue weighted by molar-refractivity contribution is 5.94. The van der Waals surface area contributed by atoms with Gasteiger partial charge in [-0.25, -0.2) is 9.48 Å². The van der Waals surface area contributed by atoms with Crippen LogP contribution < -0.4 is 5.32 Å². The number of aromatic nitrogens is 2. The Morgan fingerprint density at radius 2 is 1.96 bits per heavy atom.